The molecule has 0 heterocycles. The van der Waals surface area contributed by atoms with Crippen LogP contribution < -0.4 is 25.6 Å². The maximum atomic E-state index is 11.7. The molecule has 0 spiro atoms. The third-order valence-electron chi connectivity index (χ3n) is 3.52. The molecule has 3 N–H and O–H groups in total. The van der Waals surface area contributed by atoms with Crippen molar-refractivity contribution < 1.29 is 23.9 Å². The Kier molecular flexibility index (Phi) is 6.00. The van der Waals surface area contributed by atoms with Crippen molar-refractivity contribution in [1.29, 1.82) is 0 Å². The van der Waals surface area contributed by atoms with Gasteiger partial charge >= 0.3 is 11.8 Å². The summed E-state index contributed by atoms with van der Waals surface area (Å²) in [5.41, 5.74) is 5.21. The van der Waals surface area contributed by atoms with Crippen LogP contribution in [-0.2, 0) is 20.8 Å². The van der Waals surface area contributed by atoms with E-state index in [4.69, 9.17) is 9.47 Å². The van der Waals surface area contributed by atoms with Crippen LogP contribution in [-0.4, -0.2) is 38.0 Å². The van der Waals surface area contributed by atoms with Crippen LogP contribution in [0.4, 0.5) is 0 Å². The zero-order valence-corrected chi connectivity index (χ0v) is 13.7. The number of aryl methyl sites for hydroxylation is 1. The van der Waals surface area contributed by atoms with Crippen molar-refractivity contribution in [2.24, 2.45) is 0 Å². The van der Waals surface area contributed by atoms with Crippen LogP contribution >= 0.6 is 0 Å². The number of hydrazine groups is 1. The Morgan fingerprint density at radius 3 is 2.38 bits per heavy atom. The topological polar surface area (TPSA) is 106 Å². The van der Waals surface area contributed by atoms with Gasteiger partial charge in [0.05, 0.1) is 14.2 Å². The van der Waals surface area contributed by atoms with E-state index < -0.39 is 17.7 Å². The highest BCUT2D eigenvalue weighted by atomic mass is 16.5. The van der Waals surface area contributed by atoms with Crippen molar-refractivity contribution >= 4 is 17.7 Å². The van der Waals surface area contributed by atoms with Crippen LogP contribution in [0.15, 0.2) is 18.2 Å². The van der Waals surface area contributed by atoms with E-state index in [9.17, 15) is 14.4 Å². The largest absolute Gasteiger partial charge is 0.493 e. The van der Waals surface area contributed by atoms with Crippen LogP contribution in [0.25, 0.3) is 0 Å². The highest BCUT2D eigenvalue weighted by Crippen LogP contribution is 2.27. The first kappa shape index (κ1) is 17.6. The van der Waals surface area contributed by atoms with Crippen LogP contribution in [0, 0.1) is 0 Å². The van der Waals surface area contributed by atoms with Crippen LogP contribution in [0.2, 0.25) is 0 Å². The van der Waals surface area contributed by atoms with Crippen LogP contribution in [0.1, 0.15) is 24.8 Å². The number of hydrogen-bond donors (Lipinski definition) is 3. The zero-order valence-electron chi connectivity index (χ0n) is 13.7. The maximum absolute atomic E-state index is 11.7. The molecule has 0 radical (unpaired) electrons. The Morgan fingerprint density at radius 2 is 1.75 bits per heavy atom. The minimum Gasteiger partial charge on any atom is -0.493 e. The van der Waals surface area contributed by atoms with Crippen molar-refractivity contribution in [2.45, 2.75) is 31.7 Å². The van der Waals surface area contributed by atoms with E-state index in [1.807, 2.05) is 6.07 Å². The predicted octanol–water partition coefficient (Wildman–Crippen LogP) is 0.0624. The number of nitrogens with one attached hydrogen (secondary N) is 3. The maximum Gasteiger partial charge on any atom is 0.327 e. The Hall–Kier alpha value is -2.77. The van der Waals surface area contributed by atoms with Crippen molar-refractivity contribution in [3.05, 3.63) is 23.8 Å². The molecule has 1 aliphatic rings. The van der Waals surface area contributed by atoms with Crippen LogP contribution in [0.3, 0.4) is 0 Å². The molecule has 0 saturated heterocycles. The average molecular weight is 335 g/mol. The highest BCUT2D eigenvalue weighted by Gasteiger charge is 2.26. The molecule has 8 nitrogen and oxygen atoms in total. The molecule has 0 aliphatic heterocycles. The van der Waals surface area contributed by atoms with Gasteiger partial charge in [-0.2, -0.15) is 0 Å². The van der Waals surface area contributed by atoms with Gasteiger partial charge in [0.15, 0.2) is 11.5 Å². The van der Waals surface area contributed by atoms with Crippen molar-refractivity contribution in [3.63, 3.8) is 0 Å². The number of carbonyl (C=O) groups excluding carboxylic acids is 3. The molecule has 2 rings (SSSR count). The van der Waals surface area contributed by atoms with Crippen molar-refractivity contribution in [2.75, 3.05) is 14.2 Å². The van der Waals surface area contributed by atoms with Crippen molar-refractivity contribution in [1.82, 2.24) is 16.2 Å². The molecule has 1 aliphatic carbocycles. The fourth-order valence-corrected chi connectivity index (χ4v) is 2.02. The Bertz CT molecular complexity index is 628. The molecular weight excluding hydrogens is 314 g/mol. The molecular formula is C16H21N3O5. The fraction of sp³-hybridized carbons (Fsp3) is 0.438. The lowest BCUT2D eigenvalue weighted by atomic mass is 10.1. The summed E-state index contributed by atoms with van der Waals surface area (Å²) < 4.78 is 10.3. The van der Waals surface area contributed by atoms with E-state index in [0.717, 1.165) is 18.4 Å². The Labute approximate surface area is 139 Å². The van der Waals surface area contributed by atoms with E-state index in [-0.39, 0.29) is 12.5 Å². The molecule has 1 aromatic rings. The van der Waals surface area contributed by atoms with Gasteiger partial charge in [0.2, 0.25) is 5.91 Å². The molecule has 0 unspecified atom stereocenters. The summed E-state index contributed by atoms with van der Waals surface area (Å²) in [7, 11) is 3.09. The van der Waals surface area contributed by atoms with Gasteiger partial charge in [-0.05, 0) is 37.0 Å². The molecule has 3 amide bonds. The van der Waals surface area contributed by atoms with Gasteiger partial charge in [-0.25, -0.2) is 0 Å². The second kappa shape index (κ2) is 8.19. The van der Waals surface area contributed by atoms with E-state index in [0.29, 0.717) is 17.9 Å². The smallest absolute Gasteiger partial charge is 0.327 e. The number of carbonyl (C=O) groups is 3. The fourth-order valence-electron chi connectivity index (χ4n) is 2.02. The summed E-state index contributed by atoms with van der Waals surface area (Å²) in [6.07, 6.45) is 2.38. The minimum absolute atomic E-state index is 0.0870. The third-order valence-corrected chi connectivity index (χ3v) is 3.52. The quantitative estimate of drug-likeness (QED) is 0.504. The molecule has 130 valence electrons. The van der Waals surface area contributed by atoms with Gasteiger partial charge < -0.3 is 14.8 Å². The van der Waals surface area contributed by atoms with E-state index in [1.165, 1.54) is 7.11 Å². The van der Waals surface area contributed by atoms with Gasteiger partial charge in [-0.3, -0.25) is 25.2 Å². The number of methoxy groups -OCH3 is 2. The number of amides is 3. The Morgan fingerprint density at radius 1 is 1.04 bits per heavy atom. The highest BCUT2D eigenvalue weighted by molar-refractivity contribution is 6.35. The summed E-state index contributed by atoms with van der Waals surface area (Å²) in [6, 6.07) is 5.46. The minimum atomic E-state index is -0.874. The summed E-state index contributed by atoms with van der Waals surface area (Å²) in [5, 5.41) is 2.53. The standard InChI is InChI=1S/C16H21N3O5/c1-23-12-7-3-10(9-13(12)24-2)4-8-14(20)18-19-16(22)15(21)17-11-5-6-11/h3,7,9,11H,4-6,8H2,1-2H3,(H,17,21)(H,18,20)(H,19,22). The normalized spacial score (nSPS) is 12.9. The second-order valence-corrected chi connectivity index (χ2v) is 5.44. The molecule has 0 aromatic heterocycles. The monoisotopic (exact) mass is 335 g/mol. The predicted molar refractivity (Wildman–Crippen MR) is 85.3 cm³/mol. The number of rotatable bonds is 6. The first-order valence-corrected chi connectivity index (χ1v) is 7.64. The molecule has 1 fully saturated rings. The van der Waals surface area contributed by atoms with Gasteiger partial charge in [-0.1, -0.05) is 6.07 Å². The SMILES string of the molecule is COc1ccc(CCC(=O)NNC(=O)C(=O)NC2CC2)cc1OC. The third kappa shape index (κ3) is 5.15. The molecule has 0 atom stereocenters. The van der Waals surface area contributed by atoms with Crippen LogP contribution in [0.5, 0.6) is 11.5 Å². The lowest BCUT2D eigenvalue weighted by Gasteiger charge is -2.10. The van der Waals surface area contributed by atoms with Gasteiger partial charge in [0.1, 0.15) is 0 Å². The summed E-state index contributed by atoms with van der Waals surface area (Å²) in [4.78, 5) is 34.6. The van der Waals surface area contributed by atoms with Gasteiger partial charge in [0.25, 0.3) is 0 Å². The van der Waals surface area contributed by atoms with Crippen molar-refractivity contribution in [3.8, 4) is 11.5 Å². The first-order valence-electron chi connectivity index (χ1n) is 7.64. The molecule has 1 aromatic carbocycles. The number of hydrogen-bond acceptors (Lipinski definition) is 5. The molecule has 8 heteroatoms. The number of benzene rings is 1. The lowest BCUT2D eigenvalue weighted by molar-refractivity contribution is -0.141. The summed E-state index contributed by atoms with van der Waals surface area (Å²) in [6.45, 7) is 0. The molecule has 24 heavy (non-hydrogen) atoms. The first-order chi connectivity index (χ1) is 11.5. The lowest BCUT2D eigenvalue weighted by Crippen LogP contribution is -2.49. The summed E-state index contributed by atoms with van der Waals surface area (Å²) >= 11 is 0. The number of ether oxygens (including phenoxy) is 2. The zero-order chi connectivity index (χ0) is 17.5. The average Bonchev–Trinajstić information content (AvgIpc) is 3.41. The Balaban J connectivity index is 1.74. The van der Waals surface area contributed by atoms with Gasteiger partial charge in [-0.15, -0.1) is 0 Å². The summed E-state index contributed by atoms with van der Waals surface area (Å²) in [5.74, 6) is -0.809. The van der Waals surface area contributed by atoms with E-state index in [1.54, 1.807) is 19.2 Å². The van der Waals surface area contributed by atoms with Gasteiger partial charge in [0, 0.05) is 12.5 Å². The molecule has 0 bridgehead atoms. The molecule has 1 saturated carbocycles. The van der Waals surface area contributed by atoms with E-state index >= 15 is 0 Å². The van der Waals surface area contributed by atoms with E-state index in [2.05, 4.69) is 16.2 Å². The second-order valence-electron chi connectivity index (χ2n) is 5.44.